The zero-order valence-electron chi connectivity index (χ0n) is 6.40. The van der Waals surface area contributed by atoms with Crippen molar-refractivity contribution in [2.75, 3.05) is 18.6 Å². The molecule has 0 radical (unpaired) electrons. The third-order valence-electron chi connectivity index (χ3n) is 1.87. The van der Waals surface area contributed by atoms with Crippen molar-refractivity contribution in [1.29, 1.82) is 0 Å². The van der Waals surface area contributed by atoms with E-state index in [4.69, 9.17) is 0 Å². The maximum Gasteiger partial charge on any atom is 0.115 e. The Morgan fingerprint density at radius 3 is 2.73 bits per heavy atom. The van der Waals surface area contributed by atoms with Crippen molar-refractivity contribution in [2.45, 2.75) is 12.8 Å². The van der Waals surface area contributed by atoms with Gasteiger partial charge in [0.15, 0.2) is 0 Å². The highest BCUT2D eigenvalue weighted by Crippen LogP contribution is 2.04. The molecular formula is C7H12N4. The first kappa shape index (κ1) is 6.67. The molecular weight excluding hydrogens is 140 g/mol. The number of rotatable bonds is 2. The first-order valence-corrected chi connectivity index (χ1v) is 3.95. The zero-order valence-corrected chi connectivity index (χ0v) is 6.40. The largest absolute Gasteiger partial charge is 0.256 e. The van der Waals surface area contributed by atoms with Gasteiger partial charge in [0.25, 0.3) is 0 Å². The number of aromatic nitrogens is 2. The molecule has 4 nitrogen and oxygen atoms in total. The molecule has 60 valence electrons. The average molecular weight is 152 g/mol. The Hall–Kier alpha value is -1.03. The van der Waals surface area contributed by atoms with Crippen LogP contribution < -0.4 is 5.53 Å². The molecule has 0 aromatic carbocycles. The molecule has 0 spiro atoms. The second-order valence-electron chi connectivity index (χ2n) is 2.76. The summed E-state index contributed by atoms with van der Waals surface area (Å²) in [6.07, 6.45) is 8.02. The normalized spacial score (nSPS) is 18.9. The van der Waals surface area contributed by atoms with Crippen molar-refractivity contribution < 1.29 is 0 Å². The quantitative estimate of drug-likeness (QED) is 0.667. The molecule has 1 saturated heterocycles. The fraction of sp³-hybridized carbons (Fsp3) is 0.571. The van der Waals surface area contributed by atoms with Crippen LogP contribution in [0.5, 0.6) is 0 Å². The number of hydrogen-bond donors (Lipinski definition) is 1. The minimum absolute atomic E-state index is 1.14. The summed E-state index contributed by atoms with van der Waals surface area (Å²) in [5.74, 6) is 0. The number of hydrogen-bond acceptors (Lipinski definition) is 3. The molecule has 1 N–H and O–H groups in total. The molecule has 1 fully saturated rings. The summed E-state index contributed by atoms with van der Waals surface area (Å²) in [6.45, 7) is 2.27. The highest BCUT2D eigenvalue weighted by molar-refractivity contribution is 4.80. The van der Waals surface area contributed by atoms with Gasteiger partial charge in [-0.25, -0.2) is 14.7 Å². The average Bonchev–Trinajstić information content (AvgIpc) is 2.60. The van der Waals surface area contributed by atoms with Crippen LogP contribution in [0.15, 0.2) is 18.7 Å². The molecule has 4 heteroatoms. The molecule has 1 aliphatic rings. The van der Waals surface area contributed by atoms with E-state index in [9.17, 15) is 0 Å². The lowest BCUT2D eigenvalue weighted by atomic mass is 10.4. The lowest BCUT2D eigenvalue weighted by Crippen LogP contribution is -2.32. The van der Waals surface area contributed by atoms with Crippen LogP contribution in [-0.2, 0) is 0 Å². The minimum atomic E-state index is 1.14. The van der Waals surface area contributed by atoms with E-state index in [2.05, 4.69) is 15.5 Å². The van der Waals surface area contributed by atoms with Crippen molar-refractivity contribution in [1.82, 2.24) is 14.7 Å². The second-order valence-corrected chi connectivity index (χ2v) is 2.76. The summed E-state index contributed by atoms with van der Waals surface area (Å²) in [7, 11) is 0. The lowest BCUT2D eigenvalue weighted by Gasteiger charge is -2.17. The maximum atomic E-state index is 3.94. The second kappa shape index (κ2) is 2.92. The number of nitrogens with zero attached hydrogens (tertiary/aromatic N) is 3. The fourth-order valence-electron chi connectivity index (χ4n) is 1.30. The van der Waals surface area contributed by atoms with Crippen LogP contribution in [0.25, 0.3) is 0 Å². The molecule has 2 rings (SSSR count). The molecule has 0 atom stereocenters. The fourth-order valence-corrected chi connectivity index (χ4v) is 1.30. The van der Waals surface area contributed by atoms with Gasteiger partial charge in [0.1, 0.15) is 6.33 Å². The maximum absolute atomic E-state index is 3.94. The molecule has 0 bridgehead atoms. The molecule has 2 heterocycles. The van der Waals surface area contributed by atoms with Gasteiger partial charge < -0.3 is 0 Å². The Morgan fingerprint density at radius 1 is 1.27 bits per heavy atom. The molecule has 0 aliphatic carbocycles. The predicted octanol–water partition coefficient (Wildman–Crippen LogP) is 0.437. The zero-order chi connectivity index (χ0) is 7.52. The summed E-state index contributed by atoms with van der Waals surface area (Å²) < 4.78 is 1.87. The van der Waals surface area contributed by atoms with E-state index in [-0.39, 0.29) is 0 Å². The van der Waals surface area contributed by atoms with E-state index < -0.39 is 0 Å². The molecule has 1 aliphatic heterocycles. The van der Waals surface area contributed by atoms with E-state index in [1.165, 1.54) is 12.8 Å². The van der Waals surface area contributed by atoms with Crippen molar-refractivity contribution in [3.63, 3.8) is 0 Å². The summed E-state index contributed by atoms with van der Waals surface area (Å²) in [5.41, 5.74) is 3.21. The Bertz CT molecular complexity index is 200. The van der Waals surface area contributed by atoms with E-state index >= 15 is 0 Å². The van der Waals surface area contributed by atoms with Gasteiger partial charge in [-0.3, -0.25) is 5.53 Å². The number of hydrazine groups is 1. The van der Waals surface area contributed by atoms with Crippen LogP contribution in [0, 0.1) is 0 Å². The summed E-state index contributed by atoms with van der Waals surface area (Å²) in [4.78, 5) is 3.94. The van der Waals surface area contributed by atoms with E-state index in [1.54, 1.807) is 12.5 Å². The van der Waals surface area contributed by atoms with E-state index in [0.717, 1.165) is 13.1 Å². The van der Waals surface area contributed by atoms with Crippen molar-refractivity contribution >= 4 is 0 Å². The van der Waals surface area contributed by atoms with E-state index in [0.29, 0.717) is 0 Å². The predicted molar refractivity (Wildman–Crippen MR) is 42.4 cm³/mol. The van der Waals surface area contributed by atoms with Crippen LogP contribution in [0.1, 0.15) is 12.8 Å². The summed E-state index contributed by atoms with van der Waals surface area (Å²) in [6, 6.07) is 0. The highest BCUT2D eigenvalue weighted by atomic mass is 15.7. The molecule has 0 amide bonds. The van der Waals surface area contributed by atoms with Gasteiger partial charge in [-0.1, -0.05) is 0 Å². The smallest absolute Gasteiger partial charge is 0.115 e. The van der Waals surface area contributed by atoms with E-state index in [1.807, 2.05) is 10.9 Å². The van der Waals surface area contributed by atoms with Crippen LogP contribution in [0.3, 0.4) is 0 Å². The number of imidazole rings is 1. The van der Waals surface area contributed by atoms with Crippen molar-refractivity contribution in [3.05, 3.63) is 18.7 Å². The van der Waals surface area contributed by atoms with Gasteiger partial charge in [0, 0.05) is 25.5 Å². The van der Waals surface area contributed by atoms with Gasteiger partial charge in [-0.2, -0.15) is 0 Å². The molecule has 1 aromatic heterocycles. The van der Waals surface area contributed by atoms with Gasteiger partial charge in [-0.15, -0.1) is 0 Å². The van der Waals surface area contributed by atoms with Crippen LogP contribution >= 0.6 is 0 Å². The highest BCUT2D eigenvalue weighted by Gasteiger charge is 2.09. The number of nitrogens with one attached hydrogen (secondary N) is 1. The summed E-state index contributed by atoms with van der Waals surface area (Å²) >= 11 is 0. The van der Waals surface area contributed by atoms with Gasteiger partial charge >= 0.3 is 0 Å². The van der Waals surface area contributed by atoms with Gasteiger partial charge in [-0.05, 0) is 12.8 Å². The molecule has 0 unspecified atom stereocenters. The third kappa shape index (κ3) is 1.51. The minimum Gasteiger partial charge on any atom is -0.256 e. The Kier molecular flexibility index (Phi) is 1.77. The Morgan fingerprint density at radius 2 is 2.09 bits per heavy atom. The lowest BCUT2D eigenvalue weighted by molar-refractivity contribution is 0.356. The molecule has 0 saturated carbocycles. The third-order valence-corrected chi connectivity index (χ3v) is 1.87. The monoisotopic (exact) mass is 152 g/mol. The first-order valence-electron chi connectivity index (χ1n) is 3.95. The Labute approximate surface area is 65.8 Å². The molecule has 11 heavy (non-hydrogen) atoms. The van der Waals surface area contributed by atoms with Crippen molar-refractivity contribution in [3.8, 4) is 0 Å². The van der Waals surface area contributed by atoms with Crippen molar-refractivity contribution in [2.24, 2.45) is 0 Å². The summed E-state index contributed by atoms with van der Waals surface area (Å²) in [5, 5.41) is 2.20. The SMILES string of the molecule is c1cn(NN2CCCC2)cn1. The first-order chi connectivity index (χ1) is 5.45. The molecule has 1 aromatic rings. The van der Waals surface area contributed by atoms with Crippen LogP contribution in [0.4, 0.5) is 0 Å². The van der Waals surface area contributed by atoms with Crippen LogP contribution in [-0.4, -0.2) is 27.8 Å². The standard InChI is InChI=1S/C7H12N4/c1-2-5-10(4-1)9-11-6-3-8-7-11/h3,6-7,9H,1-2,4-5H2. The topological polar surface area (TPSA) is 33.1 Å². The van der Waals surface area contributed by atoms with Gasteiger partial charge in [0.05, 0.1) is 0 Å². The Balaban J connectivity index is 1.90. The van der Waals surface area contributed by atoms with Gasteiger partial charge in [0.2, 0.25) is 0 Å². The van der Waals surface area contributed by atoms with Crippen LogP contribution in [0.2, 0.25) is 0 Å².